The summed E-state index contributed by atoms with van der Waals surface area (Å²) in [5, 5.41) is 5.24. The zero-order chi connectivity index (χ0) is 24.0. The van der Waals surface area contributed by atoms with Crippen LogP contribution in [0.5, 0.6) is 5.75 Å². The van der Waals surface area contributed by atoms with E-state index in [9.17, 15) is 19.2 Å². The molecule has 1 heterocycles. The molecule has 0 radical (unpaired) electrons. The Morgan fingerprint density at radius 1 is 1.09 bits per heavy atom. The van der Waals surface area contributed by atoms with Crippen molar-refractivity contribution < 1.29 is 28.7 Å². The smallest absolute Gasteiger partial charge is 0.308 e. The van der Waals surface area contributed by atoms with Gasteiger partial charge in [-0.05, 0) is 44.0 Å². The van der Waals surface area contributed by atoms with Crippen molar-refractivity contribution in [3.05, 3.63) is 53.6 Å². The van der Waals surface area contributed by atoms with Crippen LogP contribution in [0.4, 0.5) is 11.4 Å². The quantitative estimate of drug-likeness (QED) is 0.592. The van der Waals surface area contributed by atoms with Gasteiger partial charge in [-0.25, -0.2) is 0 Å². The van der Waals surface area contributed by atoms with Crippen LogP contribution in [-0.4, -0.2) is 49.5 Å². The van der Waals surface area contributed by atoms with E-state index in [0.29, 0.717) is 17.1 Å². The number of para-hydroxylation sites is 3. The third kappa shape index (κ3) is 6.09. The van der Waals surface area contributed by atoms with Crippen molar-refractivity contribution in [3.63, 3.8) is 0 Å². The van der Waals surface area contributed by atoms with Gasteiger partial charge in [0.25, 0.3) is 11.8 Å². The Kier molecular flexibility index (Phi) is 7.66. The SMILES string of the molecule is Cc1cccc(C)c1NC(=O)CNC(=O)C(C)OC(=O)CCN1C(=O)COc2ccccc21. The number of fused-ring (bicyclic) bond motifs is 1. The van der Waals surface area contributed by atoms with E-state index in [1.165, 1.54) is 11.8 Å². The second-order valence-corrected chi connectivity index (χ2v) is 7.72. The predicted molar refractivity (Wildman–Crippen MR) is 122 cm³/mol. The molecule has 3 amide bonds. The maximum absolute atomic E-state index is 12.2. The molecule has 174 valence electrons. The molecule has 0 bridgehead atoms. The number of aryl methyl sites for hydroxylation is 2. The molecule has 9 heteroatoms. The van der Waals surface area contributed by atoms with Crippen LogP contribution in [0.2, 0.25) is 0 Å². The fraction of sp³-hybridized carbons (Fsp3) is 0.333. The molecule has 2 aromatic rings. The topological polar surface area (TPSA) is 114 Å². The molecule has 33 heavy (non-hydrogen) atoms. The fourth-order valence-electron chi connectivity index (χ4n) is 3.42. The third-order valence-corrected chi connectivity index (χ3v) is 5.19. The van der Waals surface area contributed by atoms with Crippen LogP contribution in [0.3, 0.4) is 0 Å². The molecule has 1 aliphatic heterocycles. The number of carbonyl (C=O) groups is 4. The first kappa shape index (κ1) is 23.8. The van der Waals surface area contributed by atoms with Gasteiger partial charge >= 0.3 is 5.97 Å². The van der Waals surface area contributed by atoms with Crippen molar-refractivity contribution in [3.8, 4) is 5.75 Å². The van der Waals surface area contributed by atoms with E-state index in [4.69, 9.17) is 9.47 Å². The molecule has 2 N–H and O–H groups in total. The molecule has 9 nitrogen and oxygen atoms in total. The molecule has 0 saturated carbocycles. The van der Waals surface area contributed by atoms with Crippen LogP contribution < -0.4 is 20.3 Å². The highest BCUT2D eigenvalue weighted by molar-refractivity contribution is 5.98. The van der Waals surface area contributed by atoms with Gasteiger partial charge in [0.1, 0.15) is 5.75 Å². The molecular weight excluding hydrogens is 426 g/mol. The normalized spacial score (nSPS) is 13.4. The fourth-order valence-corrected chi connectivity index (χ4v) is 3.42. The van der Waals surface area contributed by atoms with Gasteiger partial charge in [0.15, 0.2) is 12.7 Å². The number of hydrogen-bond acceptors (Lipinski definition) is 6. The maximum atomic E-state index is 12.2. The number of anilines is 2. The molecule has 0 aromatic heterocycles. The van der Waals surface area contributed by atoms with E-state index in [2.05, 4.69) is 10.6 Å². The van der Waals surface area contributed by atoms with E-state index in [1.54, 1.807) is 24.3 Å². The van der Waals surface area contributed by atoms with Crippen molar-refractivity contribution in [2.45, 2.75) is 33.3 Å². The second-order valence-electron chi connectivity index (χ2n) is 7.72. The highest BCUT2D eigenvalue weighted by Crippen LogP contribution is 2.31. The van der Waals surface area contributed by atoms with Gasteiger partial charge < -0.3 is 25.0 Å². The van der Waals surface area contributed by atoms with E-state index < -0.39 is 18.0 Å². The lowest BCUT2D eigenvalue weighted by Crippen LogP contribution is -2.42. The number of ether oxygens (including phenoxy) is 2. The minimum Gasteiger partial charge on any atom is -0.482 e. The van der Waals surface area contributed by atoms with E-state index in [1.807, 2.05) is 32.0 Å². The number of benzene rings is 2. The average molecular weight is 453 g/mol. The summed E-state index contributed by atoms with van der Waals surface area (Å²) in [4.78, 5) is 50.3. The van der Waals surface area contributed by atoms with Gasteiger partial charge in [-0.1, -0.05) is 30.3 Å². The Balaban J connectivity index is 1.44. The summed E-state index contributed by atoms with van der Waals surface area (Å²) in [7, 11) is 0. The zero-order valence-electron chi connectivity index (χ0n) is 18.8. The van der Waals surface area contributed by atoms with Crippen LogP contribution in [0.15, 0.2) is 42.5 Å². The van der Waals surface area contributed by atoms with Gasteiger partial charge in [-0.15, -0.1) is 0 Å². The Labute approximate surface area is 192 Å². The minimum atomic E-state index is -1.09. The number of nitrogens with one attached hydrogen (secondary N) is 2. The van der Waals surface area contributed by atoms with Crippen molar-refractivity contribution >= 4 is 35.1 Å². The van der Waals surface area contributed by atoms with Crippen molar-refractivity contribution in [2.75, 3.05) is 29.9 Å². The van der Waals surface area contributed by atoms with Gasteiger partial charge in [-0.3, -0.25) is 19.2 Å². The molecule has 0 aliphatic carbocycles. The first-order valence-corrected chi connectivity index (χ1v) is 10.6. The summed E-state index contributed by atoms with van der Waals surface area (Å²) in [6.07, 6.45) is -1.18. The Bertz CT molecular complexity index is 1050. The predicted octanol–water partition coefficient (Wildman–Crippen LogP) is 2.11. The molecule has 0 spiro atoms. The summed E-state index contributed by atoms with van der Waals surface area (Å²) in [6.45, 7) is 4.93. The van der Waals surface area contributed by atoms with E-state index in [-0.39, 0.29) is 37.9 Å². The number of nitrogens with zero attached hydrogens (tertiary/aromatic N) is 1. The first-order valence-electron chi connectivity index (χ1n) is 10.6. The average Bonchev–Trinajstić information content (AvgIpc) is 2.79. The lowest BCUT2D eigenvalue weighted by Gasteiger charge is -2.29. The second kappa shape index (κ2) is 10.6. The largest absolute Gasteiger partial charge is 0.482 e. The molecule has 2 aromatic carbocycles. The minimum absolute atomic E-state index is 0.0925. The van der Waals surface area contributed by atoms with Crippen LogP contribution >= 0.6 is 0 Å². The number of esters is 1. The van der Waals surface area contributed by atoms with E-state index in [0.717, 1.165) is 11.1 Å². The first-order chi connectivity index (χ1) is 15.8. The highest BCUT2D eigenvalue weighted by atomic mass is 16.5. The third-order valence-electron chi connectivity index (χ3n) is 5.19. The standard InChI is InChI=1S/C24H27N3O6/c1-15-7-6-8-16(2)23(15)26-20(28)13-25-24(31)17(3)33-22(30)11-12-27-18-9-4-5-10-19(18)32-14-21(27)29/h4-10,17H,11-14H2,1-3H3,(H,25,31)(H,26,28). The molecular formula is C24H27N3O6. The summed E-state index contributed by atoms with van der Waals surface area (Å²) >= 11 is 0. The van der Waals surface area contributed by atoms with Crippen LogP contribution in [0.1, 0.15) is 24.5 Å². The lowest BCUT2D eigenvalue weighted by molar-refractivity contribution is -0.154. The molecule has 0 fully saturated rings. The summed E-state index contributed by atoms with van der Waals surface area (Å²) in [5.41, 5.74) is 3.12. The summed E-state index contributed by atoms with van der Waals surface area (Å²) in [5.74, 6) is -1.30. The Morgan fingerprint density at radius 2 is 1.79 bits per heavy atom. The number of carbonyl (C=O) groups excluding carboxylic acids is 4. The molecule has 0 saturated heterocycles. The highest BCUT2D eigenvalue weighted by Gasteiger charge is 2.26. The van der Waals surface area contributed by atoms with Crippen molar-refractivity contribution in [2.24, 2.45) is 0 Å². The van der Waals surface area contributed by atoms with Gasteiger partial charge in [0.2, 0.25) is 5.91 Å². The zero-order valence-corrected chi connectivity index (χ0v) is 18.8. The van der Waals surface area contributed by atoms with E-state index >= 15 is 0 Å². The molecule has 1 aliphatic rings. The maximum Gasteiger partial charge on any atom is 0.308 e. The van der Waals surface area contributed by atoms with Crippen molar-refractivity contribution in [1.82, 2.24) is 5.32 Å². The van der Waals surface area contributed by atoms with Gasteiger partial charge in [0, 0.05) is 12.2 Å². The molecule has 1 atom stereocenters. The lowest BCUT2D eigenvalue weighted by atomic mass is 10.1. The van der Waals surface area contributed by atoms with Crippen LogP contribution in [0, 0.1) is 13.8 Å². The number of rotatable bonds is 8. The number of amides is 3. The van der Waals surface area contributed by atoms with Crippen molar-refractivity contribution in [1.29, 1.82) is 0 Å². The van der Waals surface area contributed by atoms with Gasteiger partial charge in [0.05, 0.1) is 18.7 Å². The van der Waals surface area contributed by atoms with Gasteiger partial charge in [-0.2, -0.15) is 0 Å². The van der Waals surface area contributed by atoms with Crippen LogP contribution in [-0.2, 0) is 23.9 Å². The Hall–Kier alpha value is -3.88. The summed E-state index contributed by atoms with van der Waals surface area (Å²) < 4.78 is 10.5. The number of hydrogen-bond donors (Lipinski definition) is 2. The van der Waals surface area contributed by atoms with Crippen LogP contribution in [0.25, 0.3) is 0 Å². The molecule has 1 unspecified atom stereocenters. The monoisotopic (exact) mass is 453 g/mol. The summed E-state index contributed by atoms with van der Waals surface area (Å²) in [6, 6.07) is 12.7. The molecule has 3 rings (SSSR count). The Morgan fingerprint density at radius 3 is 2.52 bits per heavy atom.